The second-order valence-corrected chi connectivity index (χ2v) is 7.27. The summed E-state index contributed by atoms with van der Waals surface area (Å²) in [6.45, 7) is 1.87. The Balaban J connectivity index is 1.71. The Hall–Kier alpha value is -3.00. The molecule has 8 heteroatoms. The highest BCUT2D eigenvalue weighted by atomic mass is 32.2. The van der Waals surface area contributed by atoms with E-state index in [0.717, 1.165) is 22.6 Å². The van der Waals surface area contributed by atoms with Crippen molar-refractivity contribution in [2.24, 2.45) is 5.10 Å². The van der Waals surface area contributed by atoms with Gasteiger partial charge in [0.2, 0.25) is 0 Å². The van der Waals surface area contributed by atoms with Crippen molar-refractivity contribution in [1.29, 1.82) is 0 Å². The molecule has 2 aliphatic rings. The van der Waals surface area contributed by atoms with Crippen LogP contribution in [0.3, 0.4) is 0 Å². The molecule has 4 nitrogen and oxygen atoms in total. The van der Waals surface area contributed by atoms with Gasteiger partial charge >= 0.3 is 0 Å². The summed E-state index contributed by atoms with van der Waals surface area (Å²) in [5, 5.41) is 9.11. The minimum Gasteiger partial charge on any atom is -0.333 e. The van der Waals surface area contributed by atoms with E-state index in [1.165, 1.54) is 35.0 Å². The van der Waals surface area contributed by atoms with Gasteiger partial charge in [-0.05, 0) is 55.0 Å². The molecule has 0 aromatic heterocycles. The van der Waals surface area contributed by atoms with Crippen LogP contribution in [0.2, 0.25) is 0 Å². The average Bonchev–Trinajstić information content (AvgIpc) is 2.65. The highest BCUT2D eigenvalue weighted by Crippen LogP contribution is 2.33. The van der Waals surface area contributed by atoms with Gasteiger partial charge in [-0.2, -0.15) is 5.10 Å². The van der Waals surface area contributed by atoms with E-state index in [1.54, 1.807) is 25.1 Å². The van der Waals surface area contributed by atoms with Crippen molar-refractivity contribution in [2.75, 3.05) is 6.67 Å². The summed E-state index contributed by atoms with van der Waals surface area (Å²) in [4.78, 5) is 13.2. The third kappa shape index (κ3) is 3.31. The van der Waals surface area contributed by atoms with Crippen molar-refractivity contribution in [1.82, 2.24) is 10.3 Å². The molecule has 1 amide bonds. The molecule has 0 bridgehead atoms. The van der Waals surface area contributed by atoms with Gasteiger partial charge in [-0.25, -0.2) is 18.2 Å². The fraction of sp³-hybridized carbons (Fsp3) is 0.100. The van der Waals surface area contributed by atoms with Crippen LogP contribution in [0.15, 0.2) is 64.2 Å². The van der Waals surface area contributed by atoms with Gasteiger partial charge in [-0.1, -0.05) is 17.8 Å². The first-order chi connectivity index (χ1) is 13.4. The summed E-state index contributed by atoms with van der Waals surface area (Å²) in [6, 6.07) is 7.91. The monoisotopic (exact) mass is 401 g/mol. The molecule has 0 aliphatic carbocycles. The zero-order chi connectivity index (χ0) is 19.8. The number of fused-ring (bicyclic) bond motifs is 1. The third-order valence-electron chi connectivity index (χ3n) is 4.32. The topological polar surface area (TPSA) is 44.7 Å². The average molecular weight is 401 g/mol. The van der Waals surface area contributed by atoms with Crippen LogP contribution in [0.25, 0.3) is 5.57 Å². The summed E-state index contributed by atoms with van der Waals surface area (Å²) in [6.07, 6.45) is 3.27. The Morgan fingerprint density at radius 3 is 2.57 bits per heavy atom. The molecular weight excluding hydrogens is 387 g/mol. The maximum Gasteiger partial charge on any atom is 0.255 e. The van der Waals surface area contributed by atoms with Crippen LogP contribution in [0.4, 0.5) is 13.2 Å². The largest absolute Gasteiger partial charge is 0.333 e. The maximum absolute atomic E-state index is 14.2. The lowest BCUT2D eigenvalue weighted by Crippen LogP contribution is -2.42. The summed E-state index contributed by atoms with van der Waals surface area (Å²) < 4.78 is 41.8. The first-order valence-corrected chi connectivity index (χ1v) is 9.21. The number of allylic oxidation sites excluding steroid dienone is 1. The zero-order valence-electron chi connectivity index (χ0n) is 14.7. The van der Waals surface area contributed by atoms with Gasteiger partial charge in [0.15, 0.2) is 0 Å². The summed E-state index contributed by atoms with van der Waals surface area (Å²) >= 11 is 1.33. The number of thioether (sulfide) groups is 1. The van der Waals surface area contributed by atoms with E-state index < -0.39 is 17.5 Å². The zero-order valence-corrected chi connectivity index (χ0v) is 15.5. The van der Waals surface area contributed by atoms with E-state index in [9.17, 15) is 18.0 Å². The number of carbonyl (C=O) groups excluding carboxylic acids is 1. The highest BCUT2D eigenvalue weighted by Gasteiger charge is 2.31. The highest BCUT2D eigenvalue weighted by molar-refractivity contribution is 8.14. The van der Waals surface area contributed by atoms with E-state index in [-0.39, 0.29) is 23.6 Å². The Kier molecular flexibility index (Phi) is 4.72. The number of benzene rings is 2. The molecule has 4 rings (SSSR count). The summed E-state index contributed by atoms with van der Waals surface area (Å²) in [5.41, 5.74) is 0.588. The predicted molar refractivity (Wildman–Crippen MR) is 102 cm³/mol. The Morgan fingerprint density at radius 1 is 1.11 bits per heavy atom. The predicted octanol–water partition coefficient (Wildman–Crippen LogP) is 4.19. The van der Waals surface area contributed by atoms with Gasteiger partial charge in [0, 0.05) is 4.90 Å². The summed E-state index contributed by atoms with van der Waals surface area (Å²) in [7, 11) is 0. The Labute approximate surface area is 163 Å². The lowest BCUT2D eigenvalue weighted by atomic mass is 9.99. The van der Waals surface area contributed by atoms with E-state index in [0.29, 0.717) is 10.7 Å². The van der Waals surface area contributed by atoms with Gasteiger partial charge in [0.1, 0.15) is 29.2 Å². The number of amides is 1. The van der Waals surface area contributed by atoms with Crippen molar-refractivity contribution < 1.29 is 18.0 Å². The van der Waals surface area contributed by atoms with Crippen molar-refractivity contribution in [3.8, 4) is 0 Å². The first-order valence-electron chi connectivity index (χ1n) is 8.39. The number of carbonyl (C=O) groups is 1. The van der Waals surface area contributed by atoms with Crippen LogP contribution in [0.1, 0.15) is 11.1 Å². The van der Waals surface area contributed by atoms with Crippen molar-refractivity contribution in [3.63, 3.8) is 0 Å². The lowest BCUT2D eigenvalue weighted by Gasteiger charge is -2.31. The normalized spacial score (nSPS) is 16.1. The van der Waals surface area contributed by atoms with Crippen LogP contribution < -0.4 is 5.32 Å². The molecule has 0 saturated carbocycles. The number of aryl methyl sites for hydroxylation is 1. The van der Waals surface area contributed by atoms with E-state index in [4.69, 9.17) is 0 Å². The van der Waals surface area contributed by atoms with Crippen LogP contribution in [-0.4, -0.2) is 22.6 Å². The number of nitrogens with one attached hydrogen (secondary N) is 1. The van der Waals surface area contributed by atoms with Crippen LogP contribution >= 0.6 is 11.8 Å². The Morgan fingerprint density at radius 2 is 1.86 bits per heavy atom. The minimum absolute atomic E-state index is 0.0739. The van der Waals surface area contributed by atoms with Crippen LogP contribution in [0.5, 0.6) is 0 Å². The molecule has 2 aliphatic heterocycles. The van der Waals surface area contributed by atoms with Gasteiger partial charge in [0.25, 0.3) is 5.91 Å². The third-order valence-corrected chi connectivity index (χ3v) is 5.42. The van der Waals surface area contributed by atoms with Crippen molar-refractivity contribution >= 4 is 28.3 Å². The second kappa shape index (κ2) is 7.20. The van der Waals surface area contributed by atoms with E-state index in [1.807, 2.05) is 0 Å². The second-order valence-electron chi connectivity index (χ2n) is 6.20. The van der Waals surface area contributed by atoms with Crippen molar-refractivity contribution in [2.45, 2.75) is 11.8 Å². The quantitative estimate of drug-likeness (QED) is 0.821. The van der Waals surface area contributed by atoms with E-state index >= 15 is 0 Å². The number of hydrogen-bond donors (Lipinski definition) is 1. The molecule has 0 fully saturated rings. The fourth-order valence-electron chi connectivity index (χ4n) is 3.00. The molecule has 1 N–H and O–H groups in total. The molecule has 28 heavy (non-hydrogen) atoms. The molecular formula is C20H14F3N3OS. The Bertz CT molecular complexity index is 1060. The number of rotatable bonds is 2. The summed E-state index contributed by atoms with van der Waals surface area (Å²) in [5.74, 6) is -2.53. The maximum atomic E-state index is 14.2. The fourth-order valence-corrected chi connectivity index (χ4v) is 3.86. The van der Waals surface area contributed by atoms with Gasteiger partial charge < -0.3 is 5.32 Å². The van der Waals surface area contributed by atoms with Crippen LogP contribution in [0, 0.1) is 24.4 Å². The molecule has 0 spiro atoms. The van der Waals surface area contributed by atoms with E-state index in [2.05, 4.69) is 10.4 Å². The van der Waals surface area contributed by atoms with Gasteiger partial charge in [-0.15, -0.1) is 0 Å². The first kappa shape index (κ1) is 18.4. The number of hydrogen-bond acceptors (Lipinski definition) is 4. The molecule has 0 saturated heterocycles. The smallest absolute Gasteiger partial charge is 0.255 e. The standard InChI is InChI=1S/C20H14F3N3OS/c1-11-9-12(21)5-7-16(11)28-17-8-6-15-19(20(27)24-10-26(15)25-17)18-13(22)3-2-4-14(18)23/h2-9H,10H2,1H3,(H,24,27). The molecule has 2 aromatic rings. The molecule has 2 aromatic carbocycles. The molecule has 0 atom stereocenters. The molecule has 2 heterocycles. The number of halogens is 3. The molecule has 142 valence electrons. The number of hydrazone groups is 1. The van der Waals surface area contributed by atoms with Crippen molar-refractivity contribution in [3.05, 3.63) is 82.8 Å². The minimum atomic E-state index is -0.820. The van der Waals surface area contributed by atoms with Gasteiger partial charge in [0.05, 0.1) is 16.8 Å². The SMILES string of the molecule is Cc1cc(F)ccc1SC1=NN2CNC(=O)C(c3c(F)cccc3F)=C2C=C1. The van der Waals surface area contributed by atoms with Gasteiger partial charge in [-0.3, -0.25) is 4.79 Å². The molecule has 0 unspecified atom stereocenters. The number of nitrogens with zero attached hydrogens (tertiary/aromatic N) is 2. The van der Waals surface area contributed by atoms with Crippen LogP contribution in [-0.2, 0) is 4.79 Å². The molecule has 0 radical (unpaired) electrons. The lowest BCUT2D eigenvalue weighted by molar-refractivity contribution is -0.116.